The minimum absolute atomic E-state index is 0.0399. The van der Waals surface area contributed by atoms with Crippen molar-refractivity contribution in [3.63, 3.8) is 0 Å². The first-order chi connectivity index (χ1) is 9.27. The molecule has 3 N–H and O–H groups in total. The number of rotatable bonds is 5. The van der Waals surface area contributed by atoms with Gasteiger partial charge in [-0.2, -0.15) is 0 Å². The number of carbonyl (C=O) groups is 1. The average Bonchev–Trinajstić information content (AvgIpc) is 2.36. The van der Waals surface area contributed by atoms with E-state index in [1.165, 1.54) is 0 Å². The van der Waals surface area contributed by atoms with Crippen LogP contribution in [0.5, 0.6) is 0 Å². The fourth-order valence-corrected chi connectivity index (χ4v) is 2.67. The first-order valence-electron chi connectivity index (χ1n) is 7.60. The Morgan fingerprint density at radius 1 is 1.40 bits per heavy atom. The van der Waals surface area contributed by atoms with Crippen molar-refractivity contribution in [3.05, 3.63) is 0 Å². The van der Waals surface area contributed by atoms with E-state index in [9.17, 15) is 9.90 Å². The second-order valence-corrected chi connectivity index (χ2v) is 6.87. The molecular formula is C15H30N2O3. The molecule has 1 saturated heterocycles. The van der Waals surface area contributed by atoms with Crippen LogP contribution in [0.15, 0.2) is 0 Å². The van der Waals surface area contributed by atoms with E-state index in [1.807, 2.05) is 27.7 Å². The molecule has 0 aromatic carbocycles. The van der Waals surface area contributed by atoms with Crippen LogP contribution >= 0.6 is 0 Å². The lowest BCUT2D eigenvalue weighted by Gasteiger charge is -2.40. The number of likely N-dealkylation sites (tertiary alicyclic amines) is 1. The normalized spacial score (nSPS) is 26.3. The number of hydrogen-bond acceptors (Lipinski definition) is 4. The lowest BCUT2D eigenvalue weighted by atomic mass is 9.87. The highest BCUT2D eigenvalue weighted by Crippen LogP contribution is 2.23. The Morgan fingerprint density at radius 3 is 2.55 bits per heavy atom. The van der Waals surface area contributed by atoms with E-state index >= 15 is 0 Å². The summed E-state index contributed by atoms with van der Waals surface area (Å²) in [5.74, 6) is 0.198. The molecule has 20 heavy (non-hydrogen) atoms. The van der Waals surface area contributed by atoms with E-state index in [0.29, 0.717) is 6.54 Å². The average molecular weight is 286 g/mol. The minimum atomic E-state index is -0.405. The molecule has 0 radical (unpaired) electrons. The number of β-amino-alcohol motifs (C(OH)–C–C–N with tert-alkyl or cyclic N) is 1. The molecule has 3 atom stereocenters. The van der Waals surface area contributed by atoms with Crippen LogP contribution in [0.1, 0.15) is 40.5 Å². The first kappa shape index (κ1) is 17.4. The van der Waals surface area contributed by atoms with Gasteiger partial charge in [0.15, 0.2) is 0 Å². The molecule has 0 aliphatic carbocycles. The maximum Gasteiger partial charge on any atom is 0.225 e. The summed E-state index contributed by atoms with van der Waals surface area (Å²) in [6, 6.07) is 0.0493. The van der Waals surface area contributed by atoms with Crippen molar-refractivity contribution in [2.75, 3.05) is 26.2 Å². The Labute approximate surface area is 122 Å². The van der Waals surface area contributed by atoms with Crippen LogP contribution in [0.4, 0.5) is 0 Å². The van der Waals surface area contributed by atoms with Gasteiger partial charge in [-0.05, 0) is 18.8 Å². The van der Waals surface area contributed by atoms with Gasteiger partial charge >= 0.3 is 0 Å². The van der Waals surface area contributed by atoms with Gasteiger partial charge in [0.2, 0.25) is 5.91 Å². The van der Waals surface area contributed by atoms with Crippen molar-refractivity contribution in [1.29, 1.82) is 0 Å². The first-order valence-corrected chi connectivity index (χ1v) is 7.60. The zero-order valence-corrected chi connectivity index (χ0v) is 13.2. The van der Waals surface area contributed by atoms with Crippen LogP contribution in [0, 0.1) is 11.3 Å². The second kappa shape index (κ2) is 7.38. The van der Waals surface area contributed by atoms with Gasteiger partial charge in [0, 0.05) is 31.1 Å². The molecule has 5 heteroatoms. The zero-order chi connectivity index (χ0) is 15.3. The molecule has 0 saturated carbocycles. The Kier molecular flexibility index (Phi) is 6.43. The Bertz CT molecular complexity index is 315. The van der Waals surface area contributed by atoms with Crippen molar-refractivity contribution in [3.8, 4) is 0 Å². The van der Waals surface area contributed by atoms with Gasteiger partial charge in [0.1, 0.15) is 0 Å². The lowest BCUT2D eigenvalue weighted by Crippen LogP contribution is -2.55. The van der Waals surface area contributed by atoms with Gasteiger partial charge < -0.3 is 15.5 Å². The number of hydrogen-bond donors (Lipinski definition) is 3. The van der Waals surface area contributed by atoms with Crippen LogP contribution in [-0.4, -0.2) is 59.4 Å². The van der Waals surface area contributed by atoms with Crippen LogP contribution in [0.3, 0.4) is 0 Å². The Morgan fingerprint density at radius 2 is 2.05 bits per heavy atom. The predicted octanol–water partition coefficient (Wildman–Crippen LogP) is 0.602. The topological polar surface area (TPSA) is 72.8 Å². The van der Waals surface area contributed by atoms with E-state index in [-0.39, 0.29) is 30.6 Å². The SMILES string of the molecule is CCC(O)C1CC(NC(=O)C(C)(C)C)CN(CCO)C1. The summed E-state index contributed by atoms with van der Waals surface area (Å²) in [6.45, 7) is 9.90. The molecule has 0 spiro atoms. The van der Waals surface area contributed by atoms with Crippen LogP contribution in [0.25, 0.3) is 0 Å². The molecule has 0 bridgehead atoms. The molecule has 1 aliphatic rings. The summed E-state index contributed by atoms with van der Waals surface area (Å²) in [5.41, 5.74) is -0.405. The third-order valence-corrected chi connectivity index (χ3v) is 3.95. The molecule has 1 heterocycles. The third-order valence-electron chi connectivity index (χ3n) is 3.95. The van der Waals surface area contributed by atoms with Crippen LogP contribution < -0.4 is 5.32 Å². The standard InChI is InChI=1S/C15H30N2O3/c1-5-13(19)11-8-12(10-17(9-11)6-7-18)16-14(20)15(2,3)4/h11-13,18-19H,5-10H2,1-4H3,(H,16,20). The van der Waals surface area contributed by atoms with Crippen molar-refractivity contribution < 1.29 is 15.0 Å². The number of carbonyl (C=O) groups excluding carboxylic acids is 1. The predicted molar refractivity (Wildman–Crippen MR) is 79.3 cm³/mol. The Hall–Kier alpha value is -0.650. The highest BCUT2D eigenvalue weighted by Gasteiger charge is 2.33. The van der Waals surface area contributed by atoms with E-state index < -0.39 is 5.41 Å². The van der Waals surface area contributed by atoms with Gasteiger partial charge in [0.25, 0.3) is 0 Å². The summed E-state index contributed by atoms with van der Waals surface area (Å²) >= 11 is 0. The number of aliphatic hydroxyl groups excluding tert-OH is 2. The molecule has 3 unspecified atom stereocenters. The summed E-state index contributed by atoms with van der Waals surface area (Å²) in [5, 5.41) is 22.3. The molecule has 0 aromatic rings. The largest absolute Gasteiger partial charge is 0.395 e. The van der Waals surface area contributed by atoms with Crippen LogP contribution in [0.2, 0.25) is 0 Å². The summed E-state index contributed by atoms with van der Waals surface area (Å²) in [7, 11) is 0. The smallest absolute Gasteiger partial charge is 0.225 e. The number of aliphatic hydroxyl groups is 2. The van der Waals surface area contributed by atoms with Gasteiger partial charge in [-0.25, -0.2) is 0 Å². The number of piperidine rings is 1. The van der Waals surface area contributed by atoms with E-state index in [4.69, 9.17) is 5.11 Å². The van der Waals surface area contributed by atoms with Crippen molar-refractivity contribution in [2.45, 2.75) is 52.7 Å². The quantitative estimate of drug-likeness (QED) is 0.692. The zero-order valence-electron chi connectivity index (χ0n) is 13.2. The van der Waals surface area contributed by atoms with Crippen molar-refractivity contribution in [1.82, 2.24) is 10.2 Å². The maximum absolute atomic E-state index is 12.1. The van der Waals surface area contributed by atoms with Gasteiger partial charge in [0.05, 0.1) is 12.7 Å². The summed E-state index contributed by atoms with van der Waals surface area (Å²) in [4.78, 5) is 14.2. The number of amides is 1. The molecule has 0 aromatic heterocycles. The molecule has 1 rings (SSSR count). The fraction of sp³-hybridized carbons (Fsp3) is 0.933. The van der Waals surface area contributed by atoms with E-state index in [0.717, 1.165) is 25.9 Å². The van der Waals surface area contributed by atoms with Crippen LogP contribution in [-0.2, 0) is 4.79 Å². The maximum atomic E-state index is 12.1. The Balaban J connectivity index is 2.67. The van der Waals surface area contributed by atoms with E-state index in [2.05, 4.69) is 10.2 Å². The van der Waals surface area contributed by atoms with Gasteiger partial charge in [-0.15, -0.1) is 0 Å². The minimum Gasteiger partial charge on any atom is -0.395 e. The molecule has 1 amide bonds. The number of nitrogens with one attached hydrogen (secondary N) is 1. The molecular weight excluding hydrogens is 256 g/mol. The summed E-state index contributed by atoms with van der Waals surface area (Å²) in [6.07, 6.45) is 1.18. The summed E-state index contributed by atoms with van der Waals surface area (Å²) < 4.78 is 0. The molecule has 1 aliphatic heterocycles. The van der Waals surface area contributed by atoms with Gasteiger partial charge in [-0.1, -0.05) is 27.7 Å². The number of nitrogens with zero attached hydrogens (tertiary/aromatic N) is 1. The van der Waals surface area contributed by atoms with Crippen molar-refractivity contribution >= 4 is 5.91 Å². The van der Waals surface area contributed by atoms with E-state index in [1.54, 1.807) is 0 Å². The van der Waals surface area contributed by atoms with Gasteiger partial charge in [-0.3, -0.25) is 9.69 Å². The molecule has 5 nitrogen and oxygen atoms in total. The second-order valence-electron chi connectivity index (χ2n) is 6.87. The third kappa shape index (κ3) is 5.04. The molecule has 118 valence electrons. The fourth-order valence-electron chi connectivity index (χ4n) is 2.67. The highest BCUT2D eigenvalue weighted by atomic mass is 16.3. The lowest BCUT2D eigenvalue weighted by molar-refractivity contribution is -0.130. The molecule has 1 fully saturated rings. The highest BCUT2D eigenvalue weighted by molar-refractivity contribution is 5.81. The monoisotopic (exact) mass is 286 g/mol. The van der Waals surface area contributed by atoms with Crippen molar-refractivity contribution in [2.24, 2.45) is 11.3 Å².